The van der Waals surface area contributed by atoms with Gasteiger partial charge in [-0.2, -0.15) is 5.10 Å². The Hall–Kier alpha value is -1.58. The van der Waals surface area contributed by atoms with Gasteiger partial charge in [-0.05, 0) is 25.0 Å². The lowest BCUT2D eigenvalue weighted by Crippen LogP contribution is -1.95. The topological polar surface area (TPSA) is 39.4 Å². The molecule has 0 amide bonds. The maximum Gasteiger partial charge on any atom is 0.155 e. The van der Waals surface area contributed by atoms with Crippen molar-refractivity contribution in [1.82, 2.24) is 14.6 Å². The normalized spacial score (nSPS) is 17.1. The Labute approximate surface area is 94.3 Å². The summed E-state index contributed by atoms with van der Waals surface area (Å²) in [5, 5.41) is 4.53. The van der Waals surface area contributed by atoms with Crippen molar-refractivity contribution in [3.8, 4) is 5.75 Å². The number of rotatable bonds is 2. The maximum absolute atomic E-state index is 5.17. The number of hydrogen-bond acceptors (Lipinski definition) is 3. The third-order valence-corrected chi connectivity index (χ3v) is 3.28. The number of aromatic nitrogens is 3. The Bertz CT molecular complexity index is 500. The van der Waals surface area contributed by atoms with Crippen molar-refractivity contribution in [2.45, 2.75) is 31.6 Å². The molecule has 4 nitrogen and oxygen atoms in total. The fourth-order valence-electron chi connectivity index (χ4n) is 2.36. The van der Waals surface area contributed by atoms with Crippen molar-refractivity contribution in [2.75, 3.05) is 7.11 Å². The van der Waals surface area contributed by atoms with Crippen LogP contribution in [0, 0.1) is 0 Å². The first-order valence-corrected chi connectivity index (χ1v) is 5.77. The van der Waals surface area contributed by atoms with Gasteiger partial charge < -0.3 is 4.74 Å². The van der Waals surface area contributed by atoms with E-state index in [1.54, 1.807) is 7.11 Å². The van der Waals surface area contributed by atoms with Gasteiger partial charge in [-0.3, -0.25) is 0 Å². The molecular weight excluding hydrogens is 202 g/mol. The molecule has 16 heavy (non-hydrogen) atoms. The summed E-state index contributed by atoms with van der Waals surface area (Å²) in [5.74, 6) is 2.37. The van der Waals surface area contributed by atoms with E-state index in [1.807, 2.05) is 22.8 Å². The highest BCUT2D eigenvalue weighted by Crippen LogP contribution is 2.32. The first-order valence-electron chi connectivity index (χ1n) is 5.77. The standard InChI is InChI=1S/C12H15N3O/c1-16-10-6-7-11-13-12(14-15(11)8-10)9-4-2-3-5-9/h6-9H,2-5H2,1H3. The van der Waals surface area contributed by atoms with Crippen LogP contribution in [0.4, 0.5) is 0 Å². The van der Waals surface area contributed by atoms with Gasteiger partial charge in [0.2, 0.25) is 0 Å². The van der Waals surface area contributed by atoms with Crippen molar-refractivity contribution in [3.63, 3.8) is 0 Å². The van der Waals surface area contributed by atoms with Gasteiger partial charge >= 0.3 is 0 Å². The maximum atomic E-state index is 5.17. The van der Waals surface area contributed by atoms with Crippen LogP contribution < -0.4 is 4.74 Å². The van der Waals surface area contributed by atoms with Crippen LogP contribution in [-0.2, 0) is 0 Å². The summed E-state index contributed by atoms with van der Waals surface area (Å²) in [4.78, 5) is 4.57. The smallest absolute Gasteiger partial charge is 0.155 e. The largest absolute Gasteiger partial charge is 0.495 e. The highest BCUT2D eigenvalue weighted by Gasteiger charge is 2.21. The SMILES string of the molecule is COc1ccc2nc(C3CCCC3)nn2c1. The molecule has 0 atom stereocenters. The molecule has 0 radical (unpaired) electrons. The first kappa shape index (κ1) is 9.63. The molecule has 2 aromatic rings. The van der Waals surface area contributed by atoms with E-state index in [0.29, 0.717) is 5.92 Å². The molecule has 0 N–H and O–H groups in total. The molecule has 0 saturated heterocycles. The average molecular weight is 217 g/mol. The van der Waals surface area contributed by atoms with Crippen molar-refractivity contribution >= 4 is 5.65 Å². The highest BCUT2D eigenvalue weighted by atomic mass is 16.5. The molecule has 0 bridgehead atoms. The molecule has 1 saturated carbocycles. The molecule has 1 fully saturated rings. The van der Waals surface area contributed by atoms with Gasteiger partial charge in [0.05, 0.1) is 13.3 Å². The van der Waals surface area contributed by atoms with Crippen molar-refractivity contribution in [1.29, 1.82) is 0 Å². The van der Waals surface area contributed by atoms with Crippen LogP contribution in [-0.4, -0.2) is 21.7 Å². The summed E-state index contributed by atoms with van der Waals surface area (Å²) in [7, 11) is 1.66. The Kier molecular flexibility index (Phi) is 2.27. The second-order valence-electron chi connectivity index (χ2n) is 4.32. The molecule has 2 heterocycles. The predicted octanol–water partition coefficient (Wildman–Crippen LogP) is 2.40. The summed E-state index contributed by atoms with van der Waals surface area (Å²) < 4.78 is 6.98. The van der Waals surface area contributed by atoms with Crippen LogP contribution in [0.3, 0.4) is 0 Å². The lowest BCUT2D eigenvalue weighted by Gasteiger charge is -2.00. The second kappa shape index (κ2) is 3.77. The van der Waals surface area contributed by atoms with Gasteiger partial charge in [0.25, 0.3) is 0 Å². The van der Waals surface area contributed by atoms with Crippen LogP contribution in [0.2, 0.25) is 0 Å². The van der Waals surface area contributed by atoms with Crippen molar-refractivity contribution in [3.05, 3.63) is 24.2 Å². The molecular formula is C12H15N3O. The second-order valence-corrected chi connectivity index (χ2v) is 4.32. The summed E-state index contributed by atoms with van der Waals surface area (Å²) >= 11 is 0. The van der Waals surface area contributed by atoms with E-state index in [0.717, 1.165) is 17.2 Å². The van der Waals surface area contributed by atoms with E-state index in [1.165, 1.54) is 25.7 Å². The lowest BCUT2D eigenvalue weighted by atomic mass is 10.1. The number of ether oxygens (including phenoxy) is 1. The van der Waals surface area contributed by atoms with Crippen LogP contribution in [0.25, 0.3) is 5.65 Å². The van der Waals surface area contributed by atoms with Crippen molar-refractivity contribution in [2.24, 2.45) is 0 Å². The molecule has 3 rings (SSSR count). The molecule has 1 aliphatic rings. The van der Waals surface area contributed by atoms with Gasteiger partial charge in [-0.1, -0.05) is 12.8 Å². The molecule has 0 aromatic carbocycles. The summed E-state index contributed by atoms with van der Waals surface area (Å²) in [6, 6.07) is 3.87. The van der Waals surface area contributed by atoms with Gasteiger partial charge in [0.15, 0.2) is 11.5 Å². The van der Waals surface area contributed by atoms with Gasteiger partial charge in [0, 0.05) is 5.92 Å². The van der Waals surface area contributed by atoms with Crippen LogP contribution >= 0.6 is 0 Å². The zero-order valence-electron chi connectivity index (χ0n) is 9.39. The Morgan fingerprint density at radius 2 is 2.12 bits per heavy atom. The van der Waals surface area contributed by atoms with E-state index < -0.39 is 0 Å². The average Bonchev–Trinajstić information content (AvgIpc) is 2.96. The minimum Gasteiger partial charge on any atom is -0.495 e. The fraction of sp³-hybridized carbons (Fsp3) is 0.500. The van der Waals surface area contributed by atoms with Gasteiger partial charge in [-0.25, -0.2) is 9.50 Å². The fourth-order valence-corrected chi connectivity index (χ4v) is 2.36. The third-order valence-electron chi connectivity index (χ3n) is 3.28. The Morgan fingerprint density at radius 1 is 1.31 bits per heavy atom. The van der Waals surface area contributed by atoms with Crippen LogP contribution in [0.5, 0.6) is 5.75 Å². The van der Waals surface area contributed by atoms with E-state index in [9.17, 15) is 0 Å². The first-order chi connectivity index (χ1) is 7.86. The third kappa shape index (κ3) is 1.54. The summed E-state index contributed by atoms with van der Waals surface area (Å²) in [6.07, 6.45) is 6.95. The van der Waals surface area contributed by atoms with E-state index in [2.05, 4.69) is 10.1 Å². The molecule has 0 aliphatic heterocycles. The Balaban J connectivity index is 2.01. The van der Waals surface area contributed by atoms with Crippen molar-refractivity contribution < 1.29 is 4.74 Å². The van der Waals surface area contributed by atoms with Gasteiger partial charge in [-0.15, -0.1) is 0 Å². The molecule has 1 aliphatic carbocycles. The molecule has 0 spiro atoms. The van der Waals surface area contributed by atoms with Crippen LogP contribution in [0.1, 0.15) is 37.4 Å². The minimum absolute atomic E-state index is 0.561. The summed E-state index contributed by atoms with van der Waals surface area (Å²) in [5.41, 5.74) is 0.905. The minimum atomic E-state index is 0.561. The quantitative estimate of drug-likeness (QED) is 0.775. The molecule has 84 valence electrons. The highest BCUT2D eigenvalue weighted by molar-refractivity contribution is 5.40. The number of fused-ring (bicyclic) bond motifs is 1. The van der Waals surface area contributed by atoms with E-state index in [-0.39, 0.29) is 0 Å². The zero-order valence-corrected chi connectivity index (χ0v) is 9.39. The summed E-state index contributed by atoms with van der Waals surface area (Å²) in [6.45, 7) is 0. The Morgan fingerprint density at radius 3 is 2.88 bits per heavy atom. The molecule has 4 heteroatoms. The lowest BCUT2D eigenvalue weighted by molar-refractivity contribution is 0.411. The molecule has 2 aromatic heterocycles. The number of nitrogens with zero attached hydrogens (tertiary/aromatic N) is 3. The molecule has 0 unspecified atom stereocenters. The van der Waals surface area contributed by atoms with E-state index in [4.69, 9.17) is 4.74 Å². The number of pyridine rings is 1. The van der Waals surface area contributed by atoms with E-state index >= 15 is 0 Å². The monoisotopic (exact) mass is 217 g/mol. The van der Waals surface area contributed by atoms with Gasteiger partial charge in [0.1, 0.15) is 5.75 Å². The number of hydrogen-bond donors (Lipinski definition) is 0. The van der Waals surface area contributed by atoms with Crippen LogP contribution in [0.15, 0.2) is 18.3 Å². The number of methoxy groups -OCH3 is 1. The zero-order chi connectivity index (χ0) is 11.0. The predicted molar refractivity (Wildman–Crippen MR) is 60.7 cm³/mol.